The Labute approximate surface area is 188 Å². The molecule has 2 heterocycles. The summed E-state index contributed by atoms with van der Waals surface area (Å²) >= 11 is 0. The average Bonchev–Trinajstić information content (AvgIpc) is 3.38. The van der Waals surface area contributed by atoms with Crippen molar-refractivity contribution in [1.82, 2.24) is 9.78 Å². The quantitative estimate of drug-likeness (QED) is 0.600. The van der Waals surface area contributed by atoms with E-state index in [4.69, 9.17) is 0 Å². The molecule has 174 valence electrons. The van der Waals surface area contributed by atoms with E-state index in [2.05, 4.69) is 5.10 Å². The summed E-state index contributed by atoms with van der Waals surface area (Å²) in [6.45, 7) is 1.56. The van der Waals surface area contributed by atoms with Crippen LogP contribution in [0.25, 0.3) is 5.69 Å². The molecule has 4 rings (SSSR count). The lowest BCUT2D eigenvalue weighted by Gasteiger charge is -2.24. The first-order valence-corrected chi connectivity index (χ1v) is 11.6. The summed E-state index contributed by atoms with van der Waals surface area (Å²) in [6.07, 6.45) is -4.63. The van der Waals surface area contributed by atoms with Gasteiger partial charge in [0.15, 0.2) is 9.84 Å². The van der Waals surface area contributed by atoms with Crippen LogP contribution >= 0.6 is 0 Å². The Balaban J connectivity index is 1.72. The Bertz CT molecular complexity index is 1270. The monoisotopic (exact) mass is 479 g/mol. The van der Waals surface area contributed by atoms with Crippen LogP contribution in [0.3, 0.4) is 0 Å². The number of aromatic nitrogens is 2. The molecule has 0 amide bonds. The molecule has 3 aromatic rings. The van der Waals surface area contributed by atoms with E-state index in [0.29, 0.717) is 17.2 Å². The van der Waals surface area contributed by atoms with Gasteiger partial charge in [-0.1, -0.05) is 18.2 Å². The van der Waals surface area contributed by atoms with Crippen LogP contribution in [0.1, 0.15) is 17.7 Å². The summed E-state index contributed by atoms with van der Waals surface area (Å²) in [5, 5.41) is 13.1. The number of aliphatic carboxylic acids is 1. The Kier molecular flexibility index (Phi) is 5.69. The zero-order valence-corrected chi connectivity index (χ0v) is 18.2. The maximum absolute atomic E-state index is 13.1. The standard InChI is InChI=1S/C22H20F3N3O4S/c1-14-11-20(28(26-14)16-9-7-15(8-10-16)22(23,24)25)27-13-18(12-19(27)21(29)30)33(31,32)17-5-3-2-4-6-17/h2-11,18-19H,12-13H2,1H3,(H,29,30)/t18-,19+/m1/s1. The van der Waals surface area contributed by atoms with Gasteiger partial charge in [0.25, 0.3) is 0 Å². The number of hydrogen-bond donors (Lipinski definition) is 1. The summed E-state index contributed by atoms with van der Waals surface area (Å²) in [5.41, 5.74) is -0.0247. The van der Waals surface area contributed by atoms with Gasteiger partial charge in [0.2, 0.25) is 0 Å². The van der Waals surface area contributed by atoms with Crippen molar-refractivity contribution in [1.29, 1.82) is 0 Å². The highest BCUT2D eigenvalue weighted by Crippen LogP contribution is 2.35. The Morgan fingerprint density at radius 2 is 1.73 bits per heavy atom. The minimum atomic E-state index is -4.50. The molecule has 1 aliphatic heterocycles. The van der Waals surface area contributed by atoms with Crippen LogP contribution in [0.15, 0.2) is 65.6 Å². The lowest BCUT2D eigenvalue weighted by molar-refractivity contribution is -0.138. The molecule has 0 spiro atoms. The largest absolute Gasteiger partial charge is 0.480 e. The van der Waals surface area contributed by atoms with Crippen molar-refractivity contribution >= 4 is 21.6 Å². The third-order valence-corrected chi connectivity index (χ3v) is 7.75. The fraction of sp³-hybridized carbons (Fsp3) is 0.273. The SMILES string of the molecule is Cc1cc(N2C[C@H](S(=O)(=O)c3ccccc3)C[C@H]2C(=O)O)n(-c2ccc(C(F)(F)F)cc2)n1. The van der Waals surface area contributed by atoms with Crippen molar-refractivity contribution in [3.63, 3.8) is 0 Å². The lowest BCUT2D eigenvalue weighted by Crippen LogP contribution is -2.37. The van der Waals surface area contributed by atoms with E-state index >= 15 is 0 Å². The smallest absolute Gasteiger partial charge is 0.416 e. The van der Waals surface area contributed by atoms with Crippen LogP contribution in [0, 0.1) is 6.92 Å². The molecule has 1 N–H and O–H groups in total. The summed E-state index contributed by atoms with van der Waals surface area (Å²) < 4.78 is 66.4. The van der Waals surface area contributed by atoms with Crippen LogP contribution in [0.2, 0.25) is 0 Å². The zero-order chi connectivity index (χ0) is 24.0. The lowest BCUT2D eigenvalue weighted by atomic mass is 10.2. The van der Waals surface area contributed by atoms with Crippen molar-refractivity contribution in [3.8, 4) is 5.69 Å². The minimum Gasteiger partial charge on any atom is -0.480 e. The molecule has 2 aromatic carbocycles. The molecule has 1 aromatic heterocycles. The molecule has 0 aliphatic carbocycles. The molecular weight excluding hydrogens is 459 g/mol. The molecule has 11 heteroatoms. The van der Waals surface area contributed by atoms with Crippen molar-refractivity contribution in [2.45, 2.75) is 35.7 Å². The van der Waals surface area contributed by atoms with Crippen LogP contribution in [-0.2, 0) is 20.8 Å². The van der Waals surface area contributed by atoms with Crippen LogP contribution in [0.5, 0.6) is 0 Å². The second kappa shape index (κ2) is 8.22. The molecule has 0 saturated carbocycles. The van der Waals surface area contributed by atoms with E-state index in [1.807, 2.05) is 0 Å². The predicted octanol–water partition coefficient (Wildman–Crippen LogP) is 3.71. The van der Waals surface area contributed by atoms with Crippen molar-refractivity contribution in [2.75, 3.05) is 11.4 Å². The number of carbonyl (C=O) groups is 1. The normalized spacial score (nSPS) is 19.1. The van der Waals surface area contributed by atoms with Gasteiger partial charge in [0, 0.05) is 12.6 Å². The van der Waals surface area contributed by atoms with Gasteiger partial charge in [-0.15, -0.1) is 0 Å². The first-order chi connectivity index (χ1) is 15.5. The number of aryl methyl sites for hydroxylation is 1. The van der Waals surface area contributed by atoms with Crippen molar-refractivity contribution in [3.05, 3.63) is 71.9 Å². The maximum Gasteiger partial charge on any atom is 0.416 e. The molecule has 1 aliphatic rings. The number of hydrogen-bond acceptors (Lipinski definition) is 5. The van der Waals surface area contributed by atoms with E-state index in [1.54, 1.807) is 31.2 Å². The summed E-state index contributed by atoms with van der Waals surface area (Å²) in [5.74, 6) is -0.899. The van der Waals surface area contributed by atoms with E-state index in [0.717, 1.165) is 12.1 Å². The second-order valence-corrected chi connectivity index (χ2v) is 10.1. The van der Waals surface area contributed by atoms with Crippen LogP contribution < -0.4 is 4.90 Å². The predicted molar refractivity (Wildman–Crippen MR) is 114 cm³/mol. The molecule has 0 bridgehead atoms. The fourth-order valence-electron chi connectivity index (χ4n) is 3.98. The van der Waals surface area contributed by atoms with E-state index < -0.39 is 38.8 Å². The summed E-state index contributed by atoms with van der Waals surface area (Å²) in [4.78, 5) is 13.6. The highest BCUT2D eigenvalue weighted by molar-refractivity contribution is 7.92. The number of sulfone groups is 1. The molecular formula is C22H20F3N3O4S. The van der Waals surface area contributed by atoms with Gasteiger partial charge in [-0.25, -0.2) is 17.9 Å². The van der Waals surface area contributed by atoms with Gasteiger partial charge in [-0.3, -0.25) is 0 Å². The zero-order valence-electron chi connectivity index (χ0n) is 17.4. The topological polar surface area (TPSA) is 92.5 Å². The number of nitrogens with zero attached hydrogens (tertiary/aromatic N) is 3. The average molecular weight is 479 g/mol. The van der Waals surface area contributed by atoms with Gasteiger partial charge in [0.1, 0.15) is 11.9 Å². The molecule has 1 fully saturated rings. The van der Waals surface area contributed by atoms with E-state index in [1.165, 1.54) is 33.8 Å². The summed E-state index contributed by atoms with van der Waals surface area (Å²) in [6, 6.07) is 12.6. The highest BCUT2D eigenvalue weighted by Gasteiger charge is 2.44. The number of alkyl halides is 3. The molecule has 1 saturated heterocycles. The first kappa shape index (κ1) is 22.8. The number of rotatable bonds is 5. The minimum absolute atomic E-state index is 0.0973. The molecule has 0 unspecified atom stereocenters. The summed E-state index contributed by atoms with van der Waals surface area (Å²) in [7, 11) is -3.80. The fourth-order valence-corrected chi connectivity index (χ4v) is 5.70. The highest BCUT2D eigenvalue weighted by atomic mass is 32.2. The first-order valence-electron chi connectivity index (χ1n) is 10.0. The Morgan fingerprint density at radius 3 is 2.30 bits per heavy atom. The van der Waals surface area contributed by atoms with E-state index in [-0.39, 0.29) is 17.9 Å². The number of benzene rings is 2. The van der Waals surface area contributed by atoms with E-state index in [9.17, 15) is 31.5 Å². The number of anilines is 1. The number of carboxylic acids is 1. The van der Waals surface area contributed by atoms with Gasteiger partial charge >= 0.3 is 12.1 Å². The second-order valence-electron chi connectivity index (χ2n) is 7.82. The van der Waals surface area contributed by atoms with Crippen LogP contribution in [-0.4, -0.2) is 47.1 Å². The third-order valence-electron chi connectivity index (χ3n) is 5.60. The van der Waals surface area contributed by atoms with Crippen molar-refractivity contribution < 1.29 is 31.5 Å². The molecule has 2 atom stereocenters. The number of halogens is 3. The molecule has 7 nitrogen and oxygen atoms in total. The Hall–Kier alpha value is -3.34. The van der Waals surface area contributed by atoms with Gasteiger partial charge < -0.3 is 10.0 Å². The molecule has 33 heavy (non-hydrogen) atoms. The van der Waals surface area contributed by atoms with Gasteiger partial charge in [-0.2, -0.15) is 18.3 Å². The maximum atomic E-state index is 13.1. The number of carboxylic acid groups (broad SMARTS) is 1. The third kappa shape index (κ3) is 4.32. The molecule has 0 radical (unpaired) electrons. The Morgan fingerprint density at radius 1 is 1.09 bits per heavy atom. The van der Waals surface area contributed by atoms with Crippen LogP contribution in [0.4, 0.5) is 19.0 Å². The van der Waals surface area contributed by atoms with Crippen molar-refractivity contribution in [2.24, 2.45) is 0 Å². The van der Waals surface area contributed by atoms with Gasteiger partial charge in [0.05, 0.1) is 27.1 Å². The van der Waals surface area contributed by atoms with Gasteiger partial charge in [-0.05, 0) is 49.7 Å².